The molecule has 21 heavy (non-hydrogen) atoms. The summed E-state index contributed by atoms with van der Waals surface area (Å²) in [6.07, 6.45) is 0. The lowest BCUT2D eigenvalue weighted by atomic mass is 10.0. The molecule has 0 spiro atoms. The molecule has 0 atom stereocenters. The average molecular weight is 282 g/mol. The van der Waals surface area contributed by atoms with Crippen LogP contribution in [0, 0.1) is 13.8 Å². The lowest BCUT2D eigenvalue weighted by Gasteiger charge is -2.19. The van der Waals surface area contributed by atoms with Gasteiger partial charge in [0.25, 0.3) is 5.91 Å². The third-order valence-electron chi connectivity index (χ3n) is 3.64. The number of aryl methyl sites for hydroxylation is 2. The first-order chi connectivity index (χ1) is 10.0. The molecule has 0 aliphatic carbocycles. The van der Waals surface area contributed by atoms with Crippen LogP contribution in [0.1, 0.15) is 32.6 Å². The quantitative estimate of drug-likeness (QED) is 0.937. The highest BCUT2D eigenvalue weighted by atomic mass is 16.2. The van der Waals surface area contributed by atoms with E-state index in [4.69, 9.17) is 5.73 Å². The summed E-state index contributed by atoms with van der Waals surface area (Å²) in [7, 11) is 1.83. The number of benzene rings is 2. The molecule has 2 aromatic carbocycles. The van der Waals surface area contributed by atoms with E-state index in [9.17, 15) is 4.79 Å². The minimum Gasteiger partial charge on any atom is -0.337 e. The molecule has 0 fully saturated rings. The normalized spacial score (nSPS) is 10.5. The number of nitrogens with zero attached hydrogens (tertiary/aromatic N) is 1. The SMILES string of the molecule is Cc1ccc(C(=O)N(C)Cc2ccc(CN)cc2)c(C)c1. The van der Waals surface area contributed by atoms with Gasteiger partial charge in [0.05, 0.1) is 0 Å². The molecular formula is C18H22N2O. The van der Waals surface area contributed by atoms with Gasteiger partial charge < -0.3 is 10.6 Å². The smallest absolute Gasteiger partial charge is 0.254 e. The van der Waals surface area contributed by atoms with Gasteiger partial charge in [-0.2, -0.15) is 0 Å². The van der Waals surface area contributed by atoms with E-state index in [-0.39, 0.29) is 5.91 Å². The number of rotatable bonds is 4. The van der Waals surface area contributed by atoms with Gasteiger partial charge in [-0.3, -0.25) is 4.79 Å². The second kappa shape index (κ2) is 6.55. The van der Waals surface area contributed by atoms with Gasteiger partial charge in [-0.15, -0.1) is 0 Å². The van der Waals surface area contributed by atoms with Crippen molar-refractivity contribution in [3.63, 3.8) is 0 Å². The number of amides is 1. The topological polar surface area (TPSA) is 46.3 Å². The first-order valence-corrected chi connectivity index (χ1v) is 7.12. The van der Waals surface area contributed by atoms with Crippen molar-refractivity contribution in [1.29, 1.82) is 0 Å². The summed E-state index contributed by atoms with van der Waals surface area (Å²) in [5.74, 6) is 0.0513. The first-order valence-electron chi connectivity index (χ1n) is 7.12. The second-order valence-electron chi connectivity index (χ2n) is 5.50. The highest BCUT2D eigenvalue weighted by Gasteiger charge is 2.14. The van der Waals surface area contributed by atoms with Gasteiger partial charge in [-0.1, -0.05) is 42.0 Å². The molecule has 3 heteroatoms. The zero-order valence-corrected chi connectivity index (χ0v) is 12.9. The van der Waals surface area contributed by atoms with E-state index < -0.39 is 0 Å². The Balaban J connectivity index is 2.11. The van der Waals surface area contributed by atoms with Gasteiger partial charge in [-0.05, 0) is 36.6 Å². The van der Waals surface area contributed by atoms with Gasteiger partial charge in [0.15, 0.2) is 0 Å². The van der Waals surface area contributed by atoms with Crippen LogP contribution in [0.25, 0.3) is 0 Å². The summed E-state index contributed by atoms with van der Waals surface area (Å²) in [5.41, 5.74) is 10.7. The van der Waals surface area contributed by atoms with E-state index in [0.717, 1.165) is 22.3 Å². The molecule has 2 rings (SSSR count). The molecule has 1 amide bonds. The van der Waals surface area contributed by atoms with Crippen molar-refractivity contribution < 1.29 is 4.79 Å². The van der Waals surface area contributed by atoms with E-state index in [2.05, 4.69) is 0 Å². The number of carbonyl (C=O) groups is 1. The standard InChI is InChI=1S/C18H22N2O/c1-13-4-9-17(14(2)10-13)18(21)20(3)12-16-7-5-15(11-19)6-8-16/h4-10H,11-12,19H2,1-3H3. The third-order valence-corrected chi connectivity index (χ3v) is 3.64. The van der Waals surface area contributed by atoms with Crippen LogP contribution in [0.5, 0.6) is 0 Å². The summed E-state index contributed by atoms with van der Waals surface area (Å²) in [5, 5.41) is 0. The molecule has 0 aliphatic rings. The zero-order chi connectivity index (χ0) is 15.4. The fourth-order valence-electron chi connectivity index (χ4n) is 2.39. The summed E-state index contributed by atoms with van der Waals surface area (Å²) in [6, 6.07) is 14.0. The molecule has 3 nitrogen and oxygen atoms in total. The Kier molecular flexibility index (Phi) is 4.76. The van der Waals surface area contributed by atoms with Gasteiger partial charge in [0.1, 0.15) is 0 Å². The van der Waals surface area contributed by atoms with Crippen molar-refractivity contribution in [2.24, 2.45) is 5.73 Å². The fourth-order valence-corrected chi connectivity index (χ4v) is 2.39. The Hall–Kier alpha value is -2.13. The van der Waals surface area contributed by atoms with Crippen LogP contribution in [-0.4, -0.2) is 17.9 Å². The van der Waals surface area contributed by atoms with Crippen LogP contribution in [0.4, 0.5) is 0 Å². The van der Waals surface area contributed by atoms with Gasteiger partial charge >= 0.3 is 0 Å². The molecule has 0 aliphatic heterocycles. The second-order valence-corrected chi connectivity index (χ2v) is 5.50. The molecule has 0 unspecified atom stereocenters. The molecule has 2 aromatic rings. The molecule has 0 saturated heterocycles. The lowest BCUT2D eigenvalue weighted by molar-refractivity contribution is 0.0784. The maximum absolute atomic E-state index is 12.5. The van der Waals surface area contributed by atoms with Crippen LogP contribution in [0.15, 0.2) is 42.5 Å². The van der Waals surface area contributed by atoms with E-state index in [1.54, 1.807) is 4.90 Å². The summed E-state index contributed by atoms with van der Waals surface area (Å²) >= 11 is 0. The Morgan fingerprint density at radius 1 is 1.05 bits per heavy atom. The van der Waals surface area contributed by atoms with Crippen molar-refractivity contribution in [1.82, 2.24) is 4.90 Å². The number of carbonyl (C=O) groups excluding carboxylic acids is 1. The fraction of sp³-hybridized carbons (Fsp3) is 0.278. The van der Waals surface area contributed by atoms with Crippen LogP contribution in [0.3, 0.4) is 0 Å². The number of hydrogen-bond donors (Lipinski definition) is 1. The van der Waals surface area contributed by atoms with Crippen molar-refractivity contribution in [3.05, 3.63) is 70.3 Å². The number of nitrogens with two attached hydrogens (primary N) is 1. The van der Waals surface area contributed by atoms with Gasteiger partial charge in [-0.25, -0.2) is 0 Å². The van der Waals surface area contributed by atoms with E-state index in [1.807, 2.05) is 63.4 Å². The third kappa shape index (κ3) is 3.70. The summed E-state index contributed by atoms with van der Waals surface area (Å²) in [4.78, 5) is 14.3. The molecule has 0 bridgehead atoms. The lowest BCUT2D eigenvalue weighted by Crippen LogP contribution is -2.26. The van der Waals surface area contributed by atoms with Crippen LogP contribution < -0.4 is 5.73 Å². The molecule has 110 valence electrons. The summed E-state index contributed by atoms with van der Waals surface area (Å²) < 4.78 is 0. The molecular weight excluding hydrogens is 260 g/mol. The average Bonchev–Trinajstić information content (AvgIpc) is 2.47. The molecule has 0 radical (unpaired) electrons. The van der Waals surface area contributed by atoms with Crippen molar-refractivity contribution in [2.75, 3.05) is 7.05 Å². The Morgan fingerprint density at radius 2 is 1.67 bits per heavy atom. The van der Waals surface area contributed by atoms with Crippen molar-refractivity contribution in [2.45, 2.75) is 26.9 Å². The van der Waals surface area contributed by atoms with E-state index in [1.165, 1.54) is 5.56 Å². The minimum atomic E-state index is 0.0513. The Bertz CT molecular complexity index is 632. The Labute approximate surface area is 126 Å². The zero-order valence-electron chi connectivity index (χ0n) is 12.9. The van der Waals surface area contributed by atoms with Gasteiger partial charge in [0.2, 0.25) is 0 Å². The van der Waals surface area contributed by atoms with E-state index in [0.29, 0.717) is 13.1 Å². The van der Waals surface area contributed by atoms with Gasteiger partial charge in [0, 0.05) is 25.7 Å². The predicted molar refractivity (Wildman–Crippen MR) is 86.0 cm³/mol. The predicted octanol–water partition coefficient (Wildman–Crippen LogP) is 3.03. The maximum Gasteiger partial charge on any atom is 0.254 e. The molecule has 2 N–H and O–H groups in total. The van der Waals surface area contributed by atoms with E-state index >= 15 is 0 Å². The van der Waals surface area contributed by atoms with Crippen LogP contribution in [0.2, 0.25) is 0 Å². The Morgan fingerprint density at radius 3 is 2.24 bits per heavy atom. The number of hydrogen-bond acceptors (Lipinski definition) is 2. The van der Waals surface area contributed by atoms with Crippen LogP contribution in [-0.2, 0) is 13.1 Å². The first kappa shape index (κ1) is 15.3. The highest BCUT2D eigenvalue weighted by molar-refractivity contribution is 5.95. The molecule has 0 saturated carbocycles. The van der Waals surface area contributed by atoms with Crippen LogP contribution >= 0.6 is 0 Å². The molecule has 0 heterocycles. The van der Waals surface area contributed by atoms with Crippen molar-refractivity contribution >= 4 is 5.91 Å². The monoisotopic (exact) mass is 282 g/mol. The minimum absolute atomic E-state index is 0.0513. The van der Waals surface area contributed by atoms with Crippen molar-refractivity contribution in [3.8, 4) is 0 Å². The highest BCUT2D eigenvalue weighted by Crippen LogP contribution is 2.14. The molecule has 0 aromatic heterocycles. The maximum atomic E-state index is 12.5. The largest absolute Gasteiger partial charge is 0.337 e. The summed E-state index contributed by atoms with van der Waals surface area (Å²) in [6.45, 7) is 5.14.